The van der Waals surface area contributed by atoms with Gasteiger partial charge in [0.1, 0.15) is 11.5 Å². The molecule has 0 aromatic carbocycles. The SMILES string of the molecule is C=C/C=C\C1=C(C)OC(=C)/C(=C\C=C/C)C1(/C(C)=C/C=C\C)C(/C=C\C)=C/C=C. The van der Waals surface area contributed by atoms with Gasteiger partial charge >= 0.3 is 0 Å². The Hall–Kier alpha value is -3.06. The van der Waals surface area contributed by atoms with Gasteiger partial charge in [-0.15, -0.1) is 0 Å². The predicted molar refractivity (Wildman–Crippen MR) is 129 cm³/mol. The van der Waals surface area contributed by atoms with E-state index in [2.05, 4.69) is 69.2 Å². The first-order chi connectivity index (χ1) is 13.9. The first kappa shape index (κ1) is 24.0. The molecule has 1 aliphatic rings. The van der Waals surface area contributed by atoms with Crippen LogP contribution in [-0.4, -0.2) is 0 Å². The molecular weight excluding hydrogens is 352 g/mol. The Morgan fingerprint density at radius 1 is 0.931 bits per heavy atom. The normalized spacial score (nSPS) is 23.2. The van der Waals surface area contributed by atoms with Crippen molar-refractivity contribution in [2.24, 2.45) is 5.41 Å². The van der Waals surface area contributed by atoms with Gasteiger partial charge in [0.25, 0.3) is 0 Å². The Labute approximate surface area is 177 Å². The van der Waals surface area contributed by atoms with Gasteiger partial charge < -0.3 is 4.74 Å². The quantitative estimate of drug-likeness (QED) is 0.382. The Kier molecular flexibility index (Phi) is 9.68. The van der Waals surface area contributed by atoms with E-state index in [0.29, 0.717) is 5.76 Å². The van der Waals surface area contributed by atoms with Gasteiger partial charge in [-0.25, -0.2) is 0 Å². The van der Waals surface area contributed by atoms with Gasteiger partial charge in [-0.1, -0.05) is 104 Å². The van der Waals surface area contributed by atoms with Crippen LogP contribution in [-0.2, 0) is 4.74 Å². The molecule has 0 aliphatic carbocycles. The molecule has 0 saturated heterocycles. The zero-order chi connectivity index (χ0) is 21.9. The lowest BCUT2D eigenvalue weighted by molar-refractivity contribution is 0.276. The van der Waals surface area contributed by atoms with E-state index in [1.54, 1.807) is 6.08 Å². The van der Waals surface area contributed by atoms with Crippen LogP contribution >= 0.6 is 0 Å². The second-order valence-electron chi connectivity index (χ2n) is 6.68. The highest BCUT2D eigenvalue weighted by molar-refractivity contribution is 5.65. The molecule has 152 valence electrons. The fraction of sp³-hybridized carbons (Fsp3) is 0.214. The zero-order valence-corrected chi connectivity index (χ0v) is 18.5. The van der Waals surface area contributed by atoms with Crippen molar-refractivity contribution in [1.29, 1.82) is 0 Å². The van der Waals surface area contributed by atoms with Gasteiger partial charge in [-0.05, 0) is 40.2 Å². The summed E-state index contributed by atoms with van der Waals surface area (Å²) in [6.45, 7) is 22.2. The highest BCUT2D eigenvalue weighted by Crippen LogP contribution is 2.56. The third-order valence-corrected chi connectivity index (χ3v) is 4.83. The highest BCUT2D eigenvalue weighted by Gasteiger charge is 2.46. The topological polar surface area (TPSA) is 9.23 Å². The molecule has 1 heteroatoms. The van der Waals surface area contributed by atoms with Crippen molar-refractivity contribution >= 4 is 0 Å². The monoisotopic (exact) mass is 386 g/mol. The molecule has 1 aliphatic heterocycles. The molecule has 1 heterocycles. The maximum Gasteiger partial charge on any atom is 0.124 e. The highest BCUT2D eigenvalue weighted by atomic mass is 16.5. The van der Waals surface area contributed by atoms with Crippen LogP contribution in [0.4, 0.5) is 0 Å². The van der Waals surface area contributed by atoms with Crippen molar-refractivity contribution in [2.45, 2.75) is 34.6 Å². The van der Waals surface area contributed by atoms with Crippen LogP contribution in [0.1, 0.15) is 34.6 Å². The summed E-state index contributed by atoms with van der Waals surface area (Å²) in [7, 11) is 0. The van der Waals surface area contributed by atoms with Crippen molar-refractivity contribution < 1.29 is 4.74 Å². The molecule has 0 radical (unpaired) electrons. The fourth-order valence-electron chi connectivity index (χ4n) is 3.67. The summed E-state index contributed by atoms with van der Waals surface area (Å²) in [6.07, 6.45) is 26.2. The molecule has 0 amide bonds. The molecule has 0 fully saturated rings. The molecular formula is C28H34O. The minimum atomic E-state index is -0.571. The molecule has 1 unspecified atom stereocenters. The summed E-state index contributed by atoms with van der Waals surface area (Å²) >= 11 is 0. The van der Waals surface area contributed by atoms with E-state index in [-0.39, 0.29) is 0 Å². The first-order valence-corrected chi connectivity index (χ1v) is 9.92. The summed E-state index contributed by atoms with van der Waals surface area (Å²) in [4.78, 5) is 0. The summed E-state index contributed by atoms with van der Waals surface area (Å²) < 4.78 is 6.10. The average Bonchev–Trinajstić information content (AvgIpc) is 2.70. The maximum absolute atomic E-state index is 6.10. The third kappa shape index (κ3) is 5.06. The Bertz CT molecular complexity index is 875. The number of rotatable bonds is 8. The minimum Gasteiger partial charge on any atom is -0.462 e. The molecule has 29 heavy (non-hydrogen) atoms. The number of hydrogen-bond donors (Lipinski definition) is 0. The lowest BCUT2D eigenvalue weighted by Crippen LogP contribution is -2.34. The molecule has 1 rings (SSSR count). The smallest absolute Gasteiger partial charge is 0.124 e. The van der Waals surface area contributed by atoms with Crippen LogP contribution in [0.3, 0.4) is 0 Å². The Balaban J connectivity index is 4.29. The van der Waals surface area contributed by atoms with Crippen molar-refractivity contribution in [3.63, 3.8) is 0 Å². The van der Waals surface area contributed by atoms with Gasteiger partial charge in [-0.3, -0.25) is 0 Å². The molecule has 0 aromatic rings. The summed E-state index contributed by atoms with van der Waals surface area (Å²) in [5.41, 5.74) is 3.72. The van der Waals surface area contributed by atoms with Gasteiger partial charge in [0.15, 0.2) is 0 Å². The summed E-state index contributed by atoms with van der Waals surface area (Å²) in [5, 5.41) is 0. The summed E-state index contributed by atoms with van der Waals surface area (Å²) in [6, 6.07) is 0. The second kappa shape index (κ2) is 11.7. The minimum absolute atomic E-state index is 0.571. The summed E-state index contributed by atoms with van der Waals surface area (Å²) in [5.74, 6) is 1.46. The van der Waals surface area contributed by atoms with E-state index < -0.39 is 5.41 Å². The predicted octanol–water partition coefficient (Wildman–Crippen LogP) is 8.25. The maximum atomic E-state index is 6.10. The molecule has 0 saturated carbocycles. The van der Waals surface area contributed by atoms with Gasteiger partial charge in [0.05, 0.1) is 5.41 Å². The van der Waals surface area contributed by atoms with Crippen molar-refractivity contribution in [3.05, 3.63) is 133 Å². The van der Waals surface area contributed by atoms with Crippen LogP contribution in [0.25, 0.3) is 0 Å². The van der Waals surface area contributed by atoms with Crippen molar-refractivity contribution in [1.82, 2.24) is 0 Å². The Morgan fingerprint density at radius 2 is 1.62 bits per heavy atom. The average molecular weight is 387 g/mol. The van der Waals surface area contributed by atoms with E-state index in [1.165, 1.54) is 0 Å². The van der Waals surface area contributed by atoms with E-state index in [1.807, 2.05) is 58.1 Å². The van der Waals surface area contributed by atoms with Crippen LogP contribution < -0.4 is 0 Å². The lowest BCUT2D eigenvalue weighted by Gasteiger charge is -2.44. The van der Waals surface area contributed by atoms with Crippen molar-refractivity contribution in [2.75, 3.05) is 0 Å². The zero-order valence-electron chi connectivity index (χ0n) is 18.5. The van der Waals surface area contributed by atoms with Crippen molar-refractivity contribution in [3.8, 4) is 0 Å². The first-order valence-electron chi connectivity index (χ1n) is 9.92. The van der Waals surface area contributed by atoms with Crippen LogP contribution in [0.5, 0.6) is 0 Å². The van der Waals surface area contributed by atoms with Crippen LogP contribution in [0.2, 0.25) is 0 Å². The molecule has 0 bridgehead atoms. The van der Waals surface area contributed by atoms with E-state index in [4.69, 9.17) is 4.74 Å². The second-order valence-corrected chi connectivity index (χ2v) is 6.68. The third-order valence-electron chi connectivity index (χ3n) is 4.83. The van der Waals surface area contributed by atoms with E-state index in [9.17, 15) is 0 Å². The van der Waals surface area contributed by atoms with Crippen LogP contribution in [0.15, 0.2) is 133 Å². The lowest BCUT2D eigenvalue weighted by atomic mass is 9.61. The number of hydrogen-bond acceptors (Lipinski definition) is 1. The number of allylic oxidation sites excluding steroid dienone is 18. The molecule has 1 nitrogen and oxygen atoms in total. The fourth-order valence-corrected chi connectivity index (χ4v) is 3.67. The van der Waals surface area contributed by atoms with E-state index >= 15 is 0 Å². The van der Waals surface area contributed by atoms with Gasteiger partial charge in [0, 0.05) is 11.1 Å². The molecule has 1 atom stereocenters. The standard InChI is InChI=1S/C28H34O/c1-9-14-19-22(6)28(25(17-12-4)18-13-5)26(20-15-10-2)23(7)29-24(8)27(28)21-16-11-3/h9-21H,2,4,8H2,1,3,5-7H3/b14-9-,16-11-,18-13-,20-15-,22-19+,25-17+,27-21+. The van der Waals surface area contributed by atoms with Crippen LogP contribution in [0, 0.1) is 5.41 Å². The molecule has 0 spiro atoms. The Morgan fingerprint density at radius 3 is 2.17 bits per heavy atom. The number of ether oxygens (including phenoxy) is 1. The van der Waals surface area contributed by atoms with Gasteiger partial charge in [0.2, 0.25) is 0 Å². The van der Waals surface area contributed by atoms with Gasteiger partial charge in [-0.2, -0.15) is 0 Å². The molecule has 0 aromatic heterocycles. The largest absolute Gasteiger partial charge is 0.462 e. The molecule has 0 N–H and O–H groups in total. The van der Waals surface area contributed by atoms with E-state index in [0.717, 1.165) is 28.1 Å².